The van der Waals surface area contributed by atoms with Crippen LogP contribution < -0.4 is 15.8 Å². The molecule has 1 saturated heterocycles. The van der Waals surface area contributed by atoms with Crippen LogP contribution in [0.2, 0.25) is 0 Å². The van der Waals surface area contributed by atoms with Crippen molar-refractivity contribution in [1.82, 2.24) is 4.90 Å². The van der Waals surface area contributed by atoms with E-state index in [0.717, 1.165) is 28.5 Å². The number of anilines is 1. The number of rotatable bonds is 11. The van der Waals surface area contributed by atoms with Crippen molar-refractivity contribution in [3.05, 3.63) is 95.6 Å². The Labute approximate surface area is 265 Å². The number of methoxy groups -OCH3 is 1. The van der Waals surface area contributed by atoms with Crippen LogP contribution in [0.1, 0.15) is 42.5 Å². The first kappa shape index (κ1) is 33.2. The summed E-state index contributed by atoms with van der Waals surface area (Å²) in [7, 11) is 1.28. The summed E-state index contributed by atoms with van der Waals surface area (Å²) in [6.45, 7) is 1.25. The van der Waals surface area contributed by atoms with E-state index in [1.54, 1.807) is 48.5 Å². The monoisotopic (exact) mass is 633 g/mol. The molecule has 3 aromatic rings. The zero-order chi connectivity index (χ0) is 32.3. The van der Waals surface area contributed by atoms with Crippen LogP contribution in [0.15, 0.2) is 78.9 Å². The second kappa shape index (κ2) is 15.9. The molecule has 3 N–H and O–H groups in total. The average Bonchev–Trinajstić information content (AvgIpc) is 3.49. The zero-order valence-electron chi connectivity index (χ0n) is 25.0. The number of nitrogens with one attached hydrogen (secondary N) is 1. The predicted molar refractivity (Wildman–Crippen MR) is 168 cm³/mol. The van der Waals surface area contributed by atoms with E-state index in [1.807, 2.05) is 30.3 Å². The second-order valence-corrected chi connectivity index (χ2v) is 11.7. The first-order valence-electron chi connectivity index (χ1n) is 14.3. The number of esters is 1. The summed E-state index contributed by atoms with van der Waals surface area (Å²) in [4.78, 5) is 63.6. The molecule has 4 rings (SSSR count). The molecule has 3 atom stereocenters. The van der Waals surface area contributed by atoms with Gasteiger partial charge in [-0.1, -0.05) is 66.4 Å². The minimum Gasteiger partial charge on any atom is -0.467 e. The first-order chi connectivity index (χ1) is 21.7. The van der Waals surface area contributed by atoms with Crippen LogP contribution in [0.3, 0.4) is 0 Å². The number of amides is 2. The number of hydrogen-bond donors (Lipinski definition) is 2. The van der Waals surface area contributed by atoms with Crippen LogP contribution in [-0.4, -0.2) is 58.9 Å². The van der Waals surface area contributed by atoms with E-state index >= 15 is 0 Å². The molecule has 3 aromatic carbocycles. The molecule has 0 spiro atoms. The van der Waals surface area contributed by atoms with Crippen molar-refractivity contribution in [2.75, 3.05) is 19.0 Å². The molecule has 0 bridgehead atoms. The van der Waals surface area contributed by atoms with Gasteiger partial charge in [-0.2, -0.15) is 0 Å². The van der Waals surface area contributed by atoms with Crippen LogP contribution in [0, 0.1) is 0 Å². The molecule has 2 unspecified atom stereocenters. The summed E-state index contributed by atoms with van der Waals surface area (Å²) >= 11 is 0.920. The van der Waals surface area contributed by atoms with E-state index in [1.165, 1.54) is 18.9 Å². The van der Waals surface area contributed by atoms with Crippen molar-refractivity contribution >= 4 is 46.5 Å². The van der Waals surface area contributed by atoms with Crippen LogP contribution >= 0.6 is 11.8 Å². The lowest BCUT2D eigenvalue weighted by molar-refractivity contribution is -0.151. The number of benzene rings is 3. The summed E-state index contributed by atoms with van der Waals surface area (Å²) in [5.41, 5.74) is 8.50. The largest absolute Gasteiger partial charge is 0.514 e. The number of carbonyl (C=O) groups excluding carboxylic acids is 5. The molecule has 1 aliphatic rings. The normalized spacial score (nSPS) is 16.4. The number of likely N-dealkylation sites (tertiary alicyclic amines) is 1. The Kier molecular flexibility index (Phi) is 11.7. The van der Waals surface area contributed by atoms with Gasteiger partial charge in [0.2, 0.25) is 11.8 Å². The fourth-order valence-electron chi connectivity index (χ4n) is 5.11. The number of thioether (sulfide) groups is 1. The zero-order valence-corrected chi connectivity index (χ0v) is 25.8. The molecular weight excluding hydrogens is 598 g/mol. The van der Waals surface area contributed by atoms with Crippen molar-refractivity contribution in [3.8, 4) is 5.75 Å². The molecule has 0 aromatic heterocycles. The third kappa shape index (κ3) is 9.16. The number of carbonyl (C=O) groups is 5. The highest BCUT2D eigenvalue weighted by Gasteiger charge is 2.41. The van der Waals surface area contributed by atoms with Crippen molar-refractivity contribution in [1.29, 1.82) is 0 Å². The van der Waals surface area contributed by atoms with Crippen LogP contribution in [-0.2, 0) is 41.7 Å². The van der Waals surface area contributed by atoms with Gasteiger partial charge < -0.3 is 30.2 Å². The minimum absolute atomic E-state index is 0.0857. The van der Waals surface area contributed by atoms with Gasteiger partial charge in [0.05, 0.1) is 24.9 Å². The molecule has 45 heavy (non-hydrogen) atoms. The average molecular weight is 634 g/mol. The van der Waals surface area contributed by atoms with E-state index < -0.39 is 23.4 Å². The summed E-state index contributed by atoms with van der Waals surface area (Å²) in [5.74, 6) is -0.916. The Morgan fingerprint density at radius 2 is 1.62 bits per heavy atom. The Hall–Kier alpha value is -4.68. The molecule has 1 aliphatic heterocycles. The van der Waals surface area contributed by atoms with Crippen LogP contribution in [0.25, 0.3) is 0 Å². The highest BCUT2D eigenvalue weighted by atomic mass is 32.2. The molecule has 2 amide bonds. The summed E-state index contributed by atoms with van der Waals surface area (Å²) in [6.07, 6.45) is 0.432. The van der Waals surface area contributed by atoms with E-state index in [4.69, 9.17) is 19.9 Å². The molecular formula is C33H35N3O8S. The van der Waals surface area contributed by atoms with Gasteiger partial charge >= 0.3 is 12.1 Å². The van der Waals surface area contributed by atoms with Gasteiger partial charge in [0.25, 0.3) is 0 Å². The molecule has 1 heterocycles. The Balaban J connectivity index is 1.36. The summed E-state index contributed by atoms with van der Waals surface area (Å²) < 4.78 is 15.2. The molecule has 236 valence electrons. The Bertz CT molecular complexity index is 1500. The SMILES string of the molecule is COC(=O)[C@@H]1CCC(c2ccc(NC(=O)C(Cc3ccc(OC(=O)OCc4ccccc4)cc3)SC(C)=O)cc2)N1C(=O)CN. The molecule has 0 saturated carbocycles. The number of nitrogens with zero attached hydrogens (tertiary/aromatic N) is 1. The maximum Gasteiger partial charge on any atom is 0.514 e. The molecule has 12 heteroatoms. The van der Waals surface area contributed by atoms with Gasteiger partial charge in [-0.3, -0.25) is 14.4 Å². The third-order valence-corrected chi connectivity index (χ3v) is 8.23. The maximum atomic E-state index is 13.2. The first-order valence-corrected chi connectivity index (χ1v) is 15.2. The number of nitrogens with two attached hydrogens (primary N) is 1. The van der Waals surface area contributed by atoms with Crippen molar-refractivity contribution < 1.29 is 38.2 Å². The molecule has 1 fully saturated rings. The van der Waals surface area contributed by atoms with Crippen molar-refractivity contribution in [3.63, 3.8) is 0 Å². The van der Waals surface area contributed by atoms with Crippen LogP contribution in [0.4, 0.5) is 10.5 Å². The maximum absolute atomic E-state index is 13.2. The summed E-state index contributed by atoms with van der Waals surface area (Å²) in [5, 5.41) is 1.92. The summed E-state index contributed by atoms with van der Waals surface area (Å²) in [6, 6.07) is 21.8. The van der Waals surface area contributed by atoms with E-state index in [9.17, 15) is 24.0 Å². The molecule has 11 nitrogen and oxygen atoms in total. The topological polar surface area (TPSA) is 154 Å². The minimum atomic E-state index is -0.836. The van der Waals surface area contributed by atoms with Gasteiger partial charge in [-0.15, -0.1) is 0 Å². The number of ether oxygens (including phenoxy) is 3. The van der Waals surface area contributed by atoms with Crippen molar-refractivity contribution in [2.45, 2.75) is 50.1 Å². The van der Waals surface area contributed by atoms with Gasteiger partial charge in [-0.05, 0) is 60.2 Å². The van der Waals surface area contributed by atoms with Gasteiger partial charge in [0.15, 0.2) is 5.12 Å². The Morgan fingerprint density at radius 3 is 2.24 bits per heavy atom. The fraction of sp³-hybridized carbons (Fsp3) is 0.303. The lowest BCUT2D eigenvalue weighted by atomic mass is 10.0. The van der Waals surface area contributed by atoms with Gasteiger partial charge in [0.1, 0.15) is 18.4 Å². The van der Waals surface area contributed by atoms with E-state index in [2.05, 4.69) is 5.32 Å². The van der Waals surface area contributed by atoms with Gasteiger partial charge in [-0.25, -0.2) is 9.59 Å². The predicted octanol–water partition coefficient (Wildman–Crippen LogP) is 4.40. The number of hydrogen-bond acceptors (Lipinski definition) is 10. The lowest BCUT2D eigenvalue weighted by Crippen LogP contribution is -2.45. The molecule has 0 radical (unpaired) electrons. The molecule has 0 aliphatic carbocycles. The van der Waals surface area contributed by atoms with Crippen molar-refractivity contribution in [2.24, 2.45) is 5.73 Å². The van der Waals surface area contributed by atoms with Crippen LogP contribution in [0.5, 0.6) is 5.75 Å². The third-order valence-electron chi connectivity index (χ3n) is 7.23. The van der Waals surface area contributed by atoms with E-state index in [-0.39, 0.29) is 48.3 Å². The Morgan fingerprint density at radius 1 is 0.933 bits per heavy atom. The fourth-order valence-corrected chi connectivity index (χ4v) is 5.95. The van der Waals surface area contributed by atoms with Gasteiger partial charge in [0, 0.05) is 12.6 Å². The standard InChI is InChI=1S/C33H35N3O8S/c1-21(37)45-29(18-22-8-14-26(15-9-22)44-33(41)43-20-23-6-4-3-5-7-23)31(39)35-25-12-10-24(11-13-25)27-16-17-28(32(40)42-2)36(27)30(38)19-34/h3-15,27-29H,16-20,34H2,1-2H3,(H,35,39)/t27?,28-,29?/m0/s1. The second-order valence-electron chi connectivity index (χ2n) is 10.3. The smallest absolute Gasteiger partial charge is 0.467 e. The highest BCUT2D eigenvalue weighted by molar-refractivity contribution is 8.14. The lowest BCUT2D eigenvalue weighted by Gasteiger charge is -2.29. The highest BCUT2D eigenvalue weighted by Crippen LogP contribution is 2.37. The quantitative estimate of drug-likeness (QED) is 0.229. The van der Waals surface area contributed by atoms with E-state index in [0.29, 0.717) is 18.5 Å².